The van der Waals surface area contributed by atoms with E-state index < -0.39 is 0 Å². The van der Waals surface area contributed by atoms with Gasteiger partial charge >= 0.3 is 0 Å². The molecular weight excluding hydrogens is 360 g/mol. The number of hydrogen-bond acceptors (Lipinski definition) is 2. The Hall–Kier alpha value is -2.62. The first-order chi connectivity index (χ1) is 13.8. The number of aryl methyl sites for hydroxylation is 1. The summed E-state index contributed by atoms with van der Waals surface area (Å²) in [5, 5.41) is 5.97. The second kappa shape index (κ2) is 10.8. The number of hydrogen-bond donors (Lipinski definition) is 2. The number of amides is 2. The summed E-state index contributed by atoms with van der Waals surface area (Å²) in [5.74, 6) is 0.699. The maximum absolute atomic E-state index is 12.5. The van der Waals surface area contributed by atoms with E-state index in [2.05, 4.69) is 62.6 Å². The van der Waals surface area contributed by atoms with Gasteiger partial charge in [-0.15, -0.1) is 0 Å². The zero-order chi connectivity index (χ0) is 21.4. The lowest BCUT2D eigenvalue weighted by molar-refractivity contribution is -0.122. The van der Waals surface area contributed by atoms with Gasteiger partial charge < -0.3 is 10.6 Å². The number of benzene rings is 2. The maximum atomic E-state index is 12.5. The third-order valence-corrected chi connectivity index (χ3v) is 4.99. The second-order valence-corrected chi connectivity index (χ2v) is 8.45. The van der Waals surface area contributed by atoms with E-state index >= 15 is 0 Å². The Balaban J connectivity index is 1.89. The fourth-order valence-corrected chi connectivity index (χ4v) is 3.43. The minimum absolute atomic E-state index is 0.0392. The third-order valence-electron chi connectivity index (χ3n) is 4.99. The van der Waals surface area contributed by atoms with Gasteiger partial charge in [-0.2, -0.15) is 0 Å². The van der Waals surface area contributed by atoms with Crippen molar-refractivity contribution in [3.05, 3.63) is 70.8 Å². The van der Waals surface area contributed by atoms with Crippen molar-refractivity contribution in [2.45, 2.75) is 53.5 Å². The van der Waals surface area contributed by atoms with Crippen LogP contribution in [0.25, 0.3) is 0 Å². The molecule has 1 unspecified atom stereocenters. The highest BCUT2D eigenvalue weighted by molar-refractivity contribution is 5.95. The normalized spacial score (nSPS) is 12.1. The average Bonchev–Trinajstić information content (AvgIpc) is 2.66. The Labute approximate surface area is 175 Å². The van der Waals surface area contributed by atoms with E-state index in [-0.39, 0.29) is 30.2 Å². The predicted molar refractivity (Wildman–Crippen MR) is 119 cm³/mol. The topological polar surface area (TPSA) is 58.2 Å². The van der Waals surface area contributed by atoms with E-state index in [1.165, 1.54) is 5.56 Å². The predicted octanol–water partition coefficient (Wildman–Crippen LogP) is 4.83. The first-order valence-electron chi connectivity index (χ1n) is 10.5. The third kappa shape index (κ3) is 7.04. The quantitative estimate of drug-likeness (QED) is 0.640. The number of rotatable bonds is 9. The Morgan fingerprint density at radius 2 is 1.59 bits per heavy atom. The second-order valence-electron chi connectivity index (χ2n) is 8.45. The summed E-state index contributed by atoms with van der Waals surface area (Å²) in [5.41, 5.74) is 4.01. The molecule has 0 radical (unpaired) electrons. The van der Waals surface area contributed by atoms with Crippen LogP contribution in [0.5, 0.6) is 0 Å². The summed E-state index contributed by atoms with van der Waals surface area (Å²) in [6.07, 6.45) is 1.31. The molecule has 2 aromatic carbocycles. The van der Waals surface area contributed by atoms with Crippen molar-refractivity contribution in [3.63, 3.8) is 0 Å². The molecular formula is C25H34N2O2. The van der Waals surface area contributed by atoms with Crippen molar-refractivity contribution in [1.29, 1.82) is 0 Å². The van der Waals surface area contributed by atoms with E-state index in [1.54, 1.807) is 6.07 Å². The standard InChI is InChI=1S/C25H34N2O2/c1-17(2)16-20-10-12-21(13-11-20)24(18(3)4)27-23(28)14-15-26-25(29)22-9-7-6-8-19(22)5/h6-13,17-18,24H,14-16H2,1-5H3,(H,26,29)(H,27,28). The summed E-state index contributed by atoms with van der Waals surface area (Å²) in [6.45, 7) is 10.9. The van der Waals surface area contributed by atoms with Gasteiger partial charge in [-0.05, 0) is 47.9 Å². The highest BCUT2D eigenvalue weighted by Crippen LogP contribution is 2.23. The monoisotopic (exact) mass is 394 g/mol. The van der Waals surface area contributed by atoms with Gasteiger partial charge in [0, 0.05) is 18.5 Å². The molecule has 0 aliphatic carbocycles. The van der Waals surface area contributed by atoms with Crippen molar-refractivity contribution < 1.29 is 9.59 Å². The van der Waals surface area contributed by atoms with Crippen molar-refractivity contribution in [2.75, 3.05) is 6.54 Å². The smallest absolute Gasteiger partial charge is 0.251 e. The lowest BCUT2D eigenvalue weighted by Gasteiger charge is -2.23. The van der Waals surface area contributed by atoms with Crippen LogP contribution in [-0.2, 0) is 11.2 Å². The highest BCUT2D eigenvalue weighted by atomic mass is 16.2. The molecule has 2 N–H and O–H groups in total. The molecule has 0 spiro atoms. The molecule has 0 saturated heterocycles. The van der Waals surface area contributed by atoms with Gasteiger partial charge in [0.15, 0.2) is 0 Å². The minimum atomic E-state index is -0.142. The molecule has 0 aliphatic heterocycles. The molecule has 1 atom stereocenters. The fourth-order valence-electron chi connectivity index (χ4n) is 3.43. The van der Waals surface area contributed by atoms with Gasteiger partial charge in [0.2, 0.25) is 5.91 Å². The molecule has 2 rings (SSSR count). The average molecular weight is 395 g/mol. The van der Waals surface area contributed by atoms with Gasteiger partial charge in [-0.25, -0.2) is 0 Å². The first kappa shape index (κ1) is 22.7. The van der Waals surface area contributed by atoms with Gasteiger partial charge in [-0.1, -0.05) is 70.2 Å². The molecule has 2 aromatic rings. The molecule has 0 saturated carbocycles. The minimum Gasteiger partial charge on any atom is -0.352 e. The molecule has 0 fully saturated rings. The van der Waals surface area contributed by atoms with E-state index in [0.29, 0.717) is 18.0 Å². The summed E-state index contributed by atoms with van der Waals surface area (Å²) >= 11 is 0. The van der Waals surface area contributed by atoms with E-state index in [9.17, 15) is 9.59 Å². The van der Waals surface area contributed by atoms with Crippen LogP contribution in [0.1, 0.15) is 67.2 Å². The Kier molecular flexibility index (Phi) is 8.44. The van der Waals surface area contributed by atoms with Crippen LogP contribution < -0.4 is 10.6 Å². The van der Waals surface area contributed by atoms with Crippen LogP contribution in [0.4, 0.5) is 0 Å². The fraction of sp³-hybridized carbons (Fsp3) is 0.440. The SMILES string of the molecule is Cc1ccccc1C(=O)NCCC(=O)NC(c1ccc(CC(C)C)cc1)C(C)C. The van der Waals surface area contributed by atoms with Crippen LogP contribution >= 0.6 is 0 Å². The Morgan fingerprint density at radius 1 is 0.931 bits per heavy atom. The summed E-state index contributed by atoms with van der Waals surface area (Å²) in [6, 6.07) is 15.9. The Bertz CT molecular complexity index is 810. The first-order valence-corrected chi connectivity index (χ1v) is 10.5. The lowest BCUT2D eigenvalue weighted by Crippen LogP contribution is -2.35. The van der Waals surface area contributed by atoms with Crippen LogP contribution in [0, 0.1) is 18.8 Å². The number of carbonyl (C=O) groups is 2. The van der Waals surface area contributed by atoms with Crippen LogP contribution in [-0.4, -0.2) is 18.4 Å². The molecule has 2 amide bonds. The Morgan fingerprint density at radius 3 is 2.17 bits per heavy atom. The molecule has 4 heteroatoms. The van der Waals surface area contributed by atoms with Crippen LogP contribution in [0.15, 0.2) is 48.5 Å². The van der Waals surface area contributed by atoms with Gasteiger partial charge in [0.25, 0.3) is 5.91 Å². The molecule has 156 valence electrons. The number of nitrogens with one attached hydrogen (secondary N) is 2. The largest absolute Gasteiger partial charge is 0.352 e. The highest BCUT2D eigenvalue weighted by Gasteiger charge is 2.18. The van der Waals surface area contributed by atoms with Gasteiger partial charge in [-0.3, -0.25) is 9.59 Å². The van der Waals surface area contributed by atoms with Gasteiger partial charge in [0.05, 0.1) is 6.04 Å². The summed E-state index contributed by atoms with van der Waals surface area (Å²) in [4.78, 5) is 24.7. The van der Waals surface area contributed by atoms with Crippen molar-refractivity contribution in [3.8, 4) is 0 Å². The molecule has 0 bridgehead atoms. The summed E-state index contributed by atoms with van der Waals surface area (Å²) in [7, 11) is 0. The van der Waals surface area contributed by atoms with E-state index in [1.807, 2.05) is 25.1 Å². The van der Waals surface area contributed by atoms with Crippen molar-refractivity contribution in [1.82, 2.24) is 10.6 Å². The zero-order valence-electron chi connectivity index (χ0n) is 18.3. The zero-order valence-corrected chi connectivity index (χ0v) is 18.3. The molecule has 29 heavy (non-hydrogen) atoms. The van der Waals surface area contributed by atoms with Gasteiger partial charge in [0.1, 0.15) is 0 Å². The molecule has 0 heterocycles. The van der Waals surface area contributed by atoms with E-state index in [0.717, 1.165) is 17.5 Å². The van der Waals surface area contributed by atoms with Crippen molar-refractivity contribution >= 4 is 11.8 Å². The van der Waals surface area contributed by atoms with Crippen molar-refractivity contribution in [2.24, 2.45) is 11.8 Å². The maximum Gasteiger partial charge on any atom is 0.251 e. The molecule has 0 aliphatic rings. The van der Waals surface area contributed by atoms with E-state index in [4.69, 9.17) is 0 Å². The van der Waals surface area contributed by atoms with Crippen LogP contribution in [0.2, 0.25) is 0 Å². The lowest BCUT2D eigenvalue weighted by atomic mass is 9.93. The van der Waals surface area contributed by atoms with Crippen LogP contribution in [0.3, 0.4) is 0 Å². The molecule has 0 aromatic heterocycles. The summed E-state index contributed by atoms with van der Waals surface area (Å²) < 4.78 is 0. The molecule has 4 nitrogen and oxygen atoms in total. The number of carbonyl (C=O) groups excluding carboxylic acids is 2.